The number of ether oxygens (including phenoxy) is 1. The number of hydrogen-bond donors (Lipinski definition) is 0. The Morgan fingerprint density at radius 1 is 1.12 bits per heavy atom. The van der Waals surface area contributed by atoms with Crippen molar-refractivity contribution < 1.29 is 4.74 Å². The molecular formula is C13H22N2O. The molecule has 0 aliphatic rings. The first kappa shape index (κ1) is 13.0. The number of methoxy groups -OCH3 is 1. The fourth-order valence-corrected chi connectivity index (χ4v) is 1.58. The van der Waals surface area contributed by atoms with Crippen LogP contribution in [0, 0.1) is 0 Å². The molecule has 16 heavy (non-hydrogen) atoms. The molecular weight excluding hydrogens is 200 g/mol. The average molecular weight is 222 g/mol. The summed E-state index contributed by atoms with van der Waals surface area (Å²) in [5.41, 5.74) is 1.21. The summed E-state index contributed by atoms with van der Waals surface area (Å²) < 4.78 is 5.41. The van der Waals surface area contributed by atoms with E-state index in [0.717, 1.165) is 13.1 Å². The van der Waals surface area contributed by atoms with Gasteiger partial charge in [-0.05, 0) is 33.2 Å². The van der Waals surface area contributed by atoms with Crippen LogP contribution in [0.1, 0.15) is 6.92 Å². The largest absolute Gasteiger partial charge is 0.362 e. The lowest BCUT2D eigenvalue weighted by Crippen LogP contribution is -2.39. The number of nitrogens with zero attached hydrogens (tertiary/aromatic N) is 2. The number of rotatable bonds is 6. The van der Waals surface area contributed by atoms with Gasteiger partial charge in [-0.25, -0.2) is 0 Å². The standard InChI is InChI=1S/C13H22N2O/c1-12(16-4)15(11-10-14(2)3)13-8-6-5-7-9-13/h5-9,12H,10-11H2,1-4H3. The number of likely N-dealkylation sites (N-methyl/N-ethyl adjacent to an activating group) is 1. The van der Waals surface area contributed by atoms with Gasteiger partial charge >= 0.3 is 0 Å². The molecule has 0 saturated heterocycles. The van der Waals surface area contributed by atoms with Gasteiger partial charge in [0.05, 0.1) is 0 Å². The molecule has 1 unspecified atom stereocenters. The predicted octanol–water partition coefficient (Wildman–Crippen LogP) is 2.05. The van der Waals surface area contributed by atoms with E-state index in [0.29, 0.717) is 0 Å². The number of hydrogen-bond acceptors (Lipinski definition) is 3. The van der Waals surface area contributed by atoms with Crippen LogP contribution in [-0.4, -0.2) is 45.4 Å². The molecule has 0 aromatic heterocycles. The van der Waals surface area contributed by atoms with Gasteiger partial charge in [0.15, 0.2) is 0 Å². The van der Waals surface area contributed by atoms with Crippen LogP contribution < -0.4 is 4.90 Å². The van der Waals surface area contributed by atoms with Crippen molar-refractivity contribution in [2.45, 2.75) is 13.2 Å². The van der Waals surface area contributed by atoms with Crippen molar-refractivity contribution >= 4 is 5.69 Å². The molecule has 0 amide bonds. The molecule has 0 N–H and O–H groups in total. The molecule has 0 aliphatic carbocycles. The summed E-state index contributed by atoms with van der Waals surface area (Å²) in [5.74, 6) is 0. The SMILES string of the molecule is COC(C)N(CCN(C)C)c1ccccc1. The molecule has 0 fully saturated rings. The van der Waals surface area contributed by atoms with Crippen LogP contribution in [0.15, 0.2) is 30.3 Å². The van der Waals surface area contributed by atoms with E-state index in [1.54, 1.807) is 7.11 Å². The highest BCUT2D eigenvalue weighted by Crippen LogP contribution is 2.16. The minimum Gasteiger partial charge on any atom is -0.362 e. The van der Waals surface area contributed by atoms with E-state index >= 15 is 0 Å². The van der Waals surface area contributed by atoms with Crippen molar-refractivity contribution in [3.63, 3.8) is 0 Å². The van der Waals surface area contributed by atoms with E-state index in [2.05, 4.69) is 55.1 Å². The monoisotopic (exact) mass is 222 g/mol. The molecule has 0 aliphatic heterocycles. The lowest BCUT2D eigenvalue weighted by atomic mass is 10.2. The Labute approximate surface area is 98.6 Å². The summed E-state index contributed by atoms with van der Waals surface area (Å²) in [7, 11) is 5.91. The van der Waals surface area contributed by atoms with Gasteiger partial charge in [0.1, 0.15) is 6.23 Å². The zero-order valence-corrected chi connectivity index (χ0v) is 10.7. The van der Waals surface area contributed by atoms with Gasteiger partial charge in [-0.2, -0.15) is 0 Å². The molecule has 1 aromatic carbocycles. The van der Waals surface area contributed by atoms with Gasteiger partial charge in [-0.15, -0.1) is 0 Å². The number of benzene rings is 1. The third-order valence-electron chi connectivity index (χ3n) is 2.66. The maximum absolute atomic E-state index is 5.41. The van der Waals surface area contributed by atoms with Crippen molar-refractivity contribution in [3.05, 3.63) is 30.3 Å². The van der Waals surface area contributed by atoms with Gasteiger partial charge in [0, 0.05) is 25.9 Å². The quantitative estimate of drug-likeness (QED) is 0.685. The van der Waals surface area contributed by atoms with E-state index in [1.165, 1.54) is 5.69 Å². The predicted molar refractivity (Wildman–Crippen MR) is 68.8 cm³/mol. The van der Waals surface area contributed by atoms with Gasteiger partial charge in [-0.3, -0.25) is 0 Å². The van der Waals surface area contributed by atoms with Crippen LogP contribution in [0.3, 0.4) is 0 Å². The molecule has 0 heterocycles. The molecule has 3 heteroatoms. The first-order chi connectivity index (χ1) is 7.65. The van der Waals surface area contributed by atoms with Crippen LogP contribution in [0.2, 0.25) is 0 Å². The lowest BCUT2D eigenvalue weighted by molar-refractivity contribution is 0.113. The van der Waals surface area contributed by atoms with Crippen LogP contribution >= 0.6 is 0 Å². The topological polar surface area (TPSA) is 15.7 Å². The van der Waals surface area contributed by atoms with E-state index < -0.39 is 0 Å². The van der Waals surface area contributed by atoms with Crippen molar-refractivity contribution in [1.82, 2.24) is 4.90 Å². The Morgan fingerprint density at radius 3 is 2.25 bits per heavy atom. The van der Waals surface area contributed by atoms with Crippen molar-refractivity contribution in [2.24, 2.45) is 0 Å². The molecule has 1 atom stereocenters. The minimum absolute atomic E-state index is 0.0994. The van der Waals surface area contributed by atoms with Gasteiger partial charge < -0.3 is 14.5 Å². The average Bonchev–Trinajstić information content (AvgIpc) is 2.30. The van der Waals surface area contributed by atoms with E-state index in [-0.39, 0.29) is 6.23 Å². The molecule has 90 valence electrons. The molecule has 0 radical (unpaired) electrons. The maximum Gasteiger partial charge on any atom is 0.126 e. The highest BCUT2D eigenvalue weighted by Gasteiger charge is 2.13. The zero-order valence-electron chi connectivity index (χ0n) is 10.7. The first-order valence-electron chi connectivity index (χ1n) is 5.64. The fourth-order valence-electron chi connectivity index (χ4n) is 1.58. The Balaban J connectivity index is 2.71. The smallest absolute Gasteiger partial charge is 0.126 e. The van der Waals surface area contributed by atoms with E-state index in [1.807, 2.05) is 6.07 Å². The Hall–Kier alpha value is -1.06. The molecule has 1 aromatic rings. The molecule has 0 spiro atoms. The van der Waals surface area contributed by atoms with Crippen LogP contribution in [0.4, 0.5) is 5.69 Å². The summed E-state index contributed by atoms with van der Waals surface area (Å²) in [6.07, 6.45) is 0.0994. The molecule has 0 saturated carbocycles. The third-order valence-corrected chi connectivity index (χ3v) is 2.66. The Morgan fingerprint density at radius 2 is 1.75 bits per heavy atom. The van der Waals surface area contributed by atoms with Crippen molar-refractivity contribution in [1.29, 1.82) is 0 Å². The second kappa shape index (κ2) is 6.51. The second-order valence-electron chi connectivity index (χ2n) is 4.17. The molecule has 3 nitrogen and oxygen atoms in total. The van der Waals surface area contributed by atoms with Crippen LogP contribution in [-0.2, 0) is 4.74 Å². The fraction of sp³-hybridized carbons (Fsp3) is 0.538. The first-order valence-corrected chi connectivity index (χ1v) is 5.64. The van der Waals surface area contributed by atoms with Gasteiger partial charge in [-0.1, -0.05) is 18.2 Å². The number of para-hydroxylation sites is 1. The summed E-state index contributed by atoms with van der Waals surface area (Å²) in [6.45, 7) is 4.05. The van der Waals surface area contributed by atoms with Gasteiger partial charge in [0.25, 0.3) is 0 Å². The minimum atomic E-state index is 0.0994. The summed E-state index contributed by atoms with van der Waals surface area (Å²) in [6, 6.07) is 10.4. The second-order valence-corrected chi connectivity index (χ2v) is 4.17. The zero-order chi connectivity index (χ0) is 12.0. The van der Waals surface area contributed by atoms with Gasteiger partial charge in [0.2, 0.25) is 0 Å². The lowest BCUT2D eigenvalue weighted by Gasteiger charge is -2.31. The Kier molecular flexibility index (Phi) is 5.29. The van der Waals surface area contributed by atoms with Crippen LogP contribution in [0.5, 0.6) is 0 Å². The highest BCUT2D eigenvalue weighted by atomic mass is 16.5. The molecule has 1 rings (SSSR count). The maximum atomic E-state index is 5.41. The van der Waals surface area contributed by atoms with Crippen molar-refractivity contribution in [3.8, 4) is 0 Å². The van der Waals surface area contributed by atoms with Crippen LogP contribution in [0.25, 0.3) is 0 Å². The normalized spacial score (nSPS) is 12.8. The molecule has 0 bridgehead atoms. The summed E-state index contributed by atoms with van der Waals surface area (Å²) in [5, 5.41) is 0. The van der Waals surface area contributed by atoms with E-state index in [4.69, 9.17) is 4.74 Å². The number of anilines is 1. The third kappa shape index (κ3) is 3.83. The van der Waals surface area contributed by atoms with Crippen molar-refractivity contribution in [2.75, 3.05) is 39.2 Å². The summed E-state index contributed by atoms with van der Waals surface area (Å²) >= 11 is 0. The highest BCUT2D eigenvalue weighted by molar-refractivity contribution is 5.46. The summed E-state index contributed by atoms with van der Waals surface area (Å²) in [4.78, 5) is 4.44. The van der Waals surface area contributed by atoms with E-state index in [9.17, 15) is 0 Å². The Bertz CT molecular complexity index is 287.